The molecule has 5 N–H and O–H groups in total. The van der Waals surface area contributed by atoms with Crippen molar-refractivity contribution in [2.24, 2.45) is 5.73 Å². The van der Waals surface area contributed by atoms with Crippen LogP contribution in [0.4, 0.5) is 0 Å². The molecule has 0 saturated carbocycles. The number of aliphatic hydroxyl groups is 1. The quantitative estimate of drug-likeness (QED) is 0.112. The third-order valence-electron chi connectivity index (χ3n) is 2.94. The van der Waals surface area contributed by atoms with Gasteiger partial charge in [0, 0.05) is 18.1 Å². The van der Waals surface area contributed by atoms with E-state index in [0.717, 1.165) is 43.6 Å². The van der Waals surface area contributed by atoms with Gasteiger partial charge in [-0.15, -0.1) is 0 Å². The van der Waals surface area contributed by atoms with Gasteiger partial charge in [0.1, 0.15) is 0 Å². The van der Waals surface area contributed by atoms with E-state index in [9.17, 15) is 14.4 Å². The van der Waals surface area contributed by atoms with Crippen LogP contribution in [0.1, 0.15) is 38.5 Å². The van der Waals surface area contributed by atoms with Gasteiger partial charge in [0.15, 0.2) is 0 Å². The Bertz CT molecular complexity index is 374. The normalized spacial score (nSPS) is 15.0. The van der Waals surface area contributed by atoms with Crippen molar-refractivity contribution in [1.82, 2.24) is 0 Å². The second-order valence-electron chi connectivity index (χ2n) is 5.32. The largest absolute Gasteiger partial charge is 0.472 e. The van der Waals surface area contributed by atoms with E-state index >= 15 is 0 Å². The molecule has 0 spiro atoms. The van der Waals surface area contributed by atoms with Crippen molar-refractivity contribution in [3.05, 3.63) is 0 Å². The fourth-order valence-corrected chi connectivity index (χ4v) is 5.09. The van der Waals surface area contributed by atoms with Crippen molar-refractivity contribution in [2.75, 3.05) is 51.1 Å². The minimum Gasteiger partial charge on any atom is -0.396 e. The third kappa shape index (κ3) is 21.6. The molecule has 0 aliphatic rings. The van der Waals surface area contributed by atoms with Crippen molar-refractivity contribution in [3.8, 4) is 0 Å². The smallest absolute Gasteiger partial charge is 0.396 e. The van der Waals surface area contributed by atoms with Gasteiger partial charge in [-0.05, 0) is 32.2 Å². The highest BCUT2D eigenvalue weighted by Crippen LogP contribution is 2.43. The highest BCUT2D eigenvalue weighted by molar-refractivity contribution is 8.76. The zero-order valence-electron chi connectivity index (χ0n) is 15.6. The minimum absolute atomic E-state index is 0.0688. The first-order valence-electron chi connectivity index (χ1n) is 8.94. The van der Waals surface area contributed by atoms with Crippen LogP contribution in [0.3, 0.4) is 0 Å². The molecule has 0 radical (unpaired) electrons. The van der Waals surface area contributed by atoms with E-state index < -0.39 is 16.4 Å². The molecule has 0 rings (SSSR count). The number of rotatable bonds is 21. The Morgan fingerprint density at radius 3 is 2.19 bits per heavy atom. The Morgan fingerprint density at radius 1 is 0.852 bits per heavy atom. The van der Waals surface area contributed by atoms with Crippen molar-refractivity contribution >= 4 is 38.0 Å². The van der Waals surface area contributed by atoms with Gasteiger partial charge in [0.05, 0.1) is 26.4 Å². The maximum Gasteiger partial charge on any atom is 0.472 e. The zero-order valence-corrected chi connectivity index (χ0v) is 19.0. The van der Waals surface area contributed by atoms with Gasteiger partial charge in [0.25, 0.3) is 0 Å². The molecule has 2 unspecified atom stereocenters. The number of unbranched alkanes of at least 4 members (excludes halogenated alkanes) is 3. The van der Waals surface area contributed by atoms with Crippen LogP contribution < -0.4 is 5.73 Å². The van der Waals surface area contributed by atoms with Crippen molar-refractivity contribution < 1.29 is 37.6 Å². The summed E-state index contributed by atoms with van der Waals surface area (Å²) in [6.45, 7) is 1.12. The van der Waals surface area contributed by atoms with Crippen molar-refractivity contribution in [3.63, 3.8) is 0 Å². The highest BCUT2D eigenvalue weighted by atomic mass is 33.1. The molecule has 0 aliphatic heterocycles. The molecule has 0 aromatic rings. The number of hydrogen-bond acceptors (Lipinski definition) is 10. The fourth-order valence-electron chi connectivity index (χ4n) is 1.62. The van der Waals surface area contributed by atoms with Gasteiger partial charge in [-0.1, -0.05) is 34.4 Å². The summed E-state index contributed by atoms with van der Waals surface area (Å²) < 4.78 is 31.4. The molecule has 9 nitrogen and oxygen atoms in total. The average molecular weight is 469 g/mol. The molecule has 27 heavy (non-hydrogen) atoms. The number of nitrogens with two attached hydrogens (primary N) is 1. The summed E-state index contributed by atoms with van der Waals surface area (Å²) in [5.41, 5.74) is 5.40. The third-order valence-corrected chi connectivity index (χ3v) is 7.34. The summed E-state index contributed by atoms with van der Waals surface area (Å²) in [7, 11) is -2.85. The first-order valence-corrected chi connectivity index (χ1v) is 14.0. The molecule has 0 aromatic heterocycles. The van der Waals surface area contributed by atoms with Gasteiger partial charge in [-0.3, -0.25) is 9.05 Å². The van der Waals surface area contributed by atoms with Crippen LogP contribution in [-0.2, 0) is 22.7 Å². The summed E-state index contributed by atoms with van der Waals surface area (Å²) in [5.74, 6) is 1.65. The molecule has 0 heterocycles. The monoisotopic (exact) mass is 469 g/mol. The molecule has 0 bridgehead atoms. The van der Waals surface area contributed by atoms with Crippen LogP contribution in [-0.4, -0.2) is 66.0 Å². The second kappa shape index (κ2) is 20.3. The number of phosphoric acid groups is 1. The van der Waals surface area contributed by atoms with E-state index in [1.165, 1.54) is 0 Å². The predicted molar refractivity (Wildman–Crippen MR) is 112 cm³/mol. The van der Waals surface area contributed by atoms with E-state index in [1.54, 1.807) is 21.6 Å². The maximum absolute atomic E-state index is 11.6. The van der Waals surface area contributed by atoms with Crippen molar-refractivity contribution in [2.45, 2.75) is 38.5 Å². The first-order chi connectivity index (χ1) is 13.0. The lowest BCUT2D eigenvalue weighted by Crippen LogP contribution is -2.04. The lowest BCUT2D eigenvalue weighted by atomic mass is 10.2. The summed E-state index contributed by atoms with van der Waals surface area (Å²) in [6, 6.07) is 0. The maximum atomic E-state index is 11.6. The summed E-state index contributed by atoms with van der Waals surface area (Å²) in [5, 5.41) is 8.64. The van der Waals surface area contributed by atoms with Gasteiger partial charge in [0.2, 0.25) is 0 Å². The fraction of sp³-hybridized carbons (Fsp3) is 1.00. The molecule has 2 atom stereocenters. The standard InChI is InChI=1S/C14H33NO8P2S2/c15-7-3-1-2-4-9-20-24(17)21-11-12-23-25(18,19)22-10-6-14-27-26-13-5-8-16/h16-17H,1-15H2,(H,18,19). The zero-order chi connectivity index (χ0) is 20.2. The van der Waals surface area contributed by atoms with Gasteiger partial charge < -0.3 is 29.7 Å². The van der Waals surface area contributed by atoms with E-state index in [0.29, 0.717) is 19.6 Å². The van der Waals surface area contributed by atoms with Gasteiger partial charge in [-0.25, -0.2) is 4.57 Å². The second-order valence-corrected chi connectivity index (χ2v) is 10.5. The van der Waals surface area contributed by atoms with Crippen LogP contribution in [0.15, 0.2) is 0 Å². The van der Waals surface area contributed by atoms with Crippen LogP contribution in [0.2, 0.25) is 0 Å². The van der Waals surface area contributed by atoms with Gasteiger partial charge in [-0.2, -0.15) is 0 Å². The molecule has 0 amide bonds. The molecular weight excluding hydrogens is 436 g/mol. The van der Waals surface area contributed by atoms with Crippen LogP contribution >= 0.6 is 38.0 Å². The molecule has 164 valence electrons. The van der Waals surface area contributed by atoms with E-state index in [-0.39, 0.29) is 26.4 Å². The Morgan fingerprint density at radius 2 is 1.48 bits per heavy atom. The van der Waals surface area contributed by atoms with Gasteiger partial charge >= 0.3 is 16.4 Å². The number of aliphatic hydroxyl groups excluding tert-OH is 1. The number of phosphoric ester groups is 1. The van der Waals surface area contributed by atoms with E-state index in [4.69, 9.17) is 28.9 Å². The molecule has 0 fully saturated rings. The Hall–Kier alpha value is 1.04. The Kier molecular flexibility index (Phi) is 21.1. The molecular formula is C14H33NO8P2S2. The number of hydrogen-bond donors (Lipinski definition) is 4. The average Bonchev–Trinajstić information content (AvgIpc) is 2.64. The molecule has 0 aliphatic carbocycles. The SMILES string of the molecule is NCCCCCCOP(O)OCCOP(=O)(O)OCCCSSCCCO. The van der Waals surface area contributed by atoms with Crippen LogP contribution in [0.25, 0.3) is 0 Å². The Balaban J connectivity index is 3.48. The van der Waals surface area contributed by atoms with Crippen LogP contribution in [0, 0.1) is 0 Å². The summed E-state index contributed by atoms with van der Waals surface area (Å²) in [6.07, 6.45) is 5.18. The summed E-state index contributed by atoms with van der Waals surface area (Å²) in [4.78, 5) is 19.0. The van der Waals surface area contributed by atoms with E-state index in [2.05, 4.69) is 0 Å². The lowest BCUT2D eigenvalue weighted by molar-refractivity contribution is 0.118. The van der Waals surface area contributed by atoms with Crippen molar-refractivity contribution in [1.29, 1.82) is 0 Å². The molecule has 0 saturated heterocycles. The minimum atomic E-state index is -4.11. The van der Waals surface area contributed by atoms with E-state index in [1.807, 2.05) is 0 Å². The molecule has 13 heteroatoms. The van der Waals surface area contributed by atoms with Crippen LogP contribution in [0.5, 0.6) is 0 Å². The predicted octanol–water partition coefficient (Wildman–Crippen LogP) is 3.05. The molecule has 0 aromatic carbocycles. The topological polar surface area (TPSA) is 141 Å². The Labute approximate surface area is 171 Å². The first kappa shape index (κ1) is 28.0. The highest BCUT2D eigenvalue weighted by Gasteiger charge is 2.20. The lowest BCUT2D eigenvalue weighted by Gasteiger charge is -2.13. The summed E-state index contributed by atoms with van der Waals surface area (Å²) >= 11 is 0.